The van der Waals surface area contributed by atoms with Crippen LogP contribution in [0.2, 0.25) is 0 Å². The lowest BCUT2D eigenvalue weighted by Crippen LogP contribution is -2.35. The van der Waals surface area contributed by atoms with Crippen molar-refractivity contribution in [2.45, 2.75) is 32.6 Å². The van der Waals surface area contributed by atoms with Crippen LogP contribution in [-0.4, -0.2) is 27.3 Å². The number of nitrogens with zero attached hydrogens (tertiary/aromatic N) is 3. The van der Waals surface area contributed by atoms with Crippen molar-refractivity contribution in [3.63, 3.8) is 0 Å². The van der Waals surface area contributed by atoms with Gasteiger partial charge in [-0.05, 0) is 19.3 Å². The zero-order chi connectivity index (χ0) is 17.0. The third kappa shape index (κ3) is 3.81. The van der Waals surface area contributed by atoms with Crippen molar-refractivity contribution in [1.29, 1.82) is 0 Å². The number of aliphatic hydroxyl groups is 1. The van der Waals surface area contributed by atoms with Crippen LogP contribution in [0.1, 0.15) is 32.6 Å². The van der Waals surface area contributed by atoms with Gasteiger partial charge in [0, 0.05) is 23.3 Å². The summed E-state index contributed by atoms with van der Waals surface area (Å²) >= 11 is 0. The molecule has 0 aromatic heterocycles. The average molecular weight is 322 g/mol. The summed E-state index contributed by atoms with van der Waals surface area (Å²) < 4.78 is 0. The van der Waals surface area contributed by atoms with Gasteiger partial charge in [0.2, 0.25) is 0 Å². The Hall–Kier alpha value is -2.55. The van der Waals surface area contributed by atoms with Gasteiger partial charge in [-0.3, -0.25) is 25.7 Å². The molecule has 2 N–H and O–H groups in total. The van der Waals surface area contributed by atoms with E-state index < -0.39 is 15.3 Å². The molecule has 1 aromatic rings. The zero-order valence-corrected chi connectivity index (χ0v) is 12.7. The Morgan fingerprint density at radius 2 is 1.83 bits per heavy atom. The van der Waals surface area contributed by atoms with E-state index in [4.69, 9.17) is 0 Å². The van der Waals surface area contributed by atoms with E-state index >= 15 is 0 Å². The van der Waals surface area contributed by atoms with Crippen LogP contribution in [0.15, 0.2) is 23.3 Å². The van der Waals surface area contributed by atoms with Crippen molar-refractivity contribution >= 4 is 22.8 Å². The number of nitrogens with one attached hydrogen (secondary N) is 1. The molecule has 1 aromatic carbocycles. The second-order valence-corrected chi connectivity index (χ2v) is 5.85. The maximum atomic E-state index is 10.9. The molecule has 1 unspecified atom stereocenters. The van der Waals surface area contributed by atoms with Gasteiger partial charge >= 0.3 is 0 Å². The third-order valence-corrected chi connectivity index (χ3v) is 4.08. The number of nitro groups is 2. The fourth-order valence-corrected chi connectivity index (χ4v) is 2.62. The molecule has 124 valence electrons. The summed E-state index contributed by atoms with van der Waals surface area (Å²) in [5.74, 6) is 0. The predicted octanol–water partition coefficient (Wildman–Crippen LogP) is 2.84. The lowest BCUT2D eigenvalue weighted by atomic mass is 9.75. The number of hydrogen-bond acceptors (Lipinski definition) is 7. The van der Waals surface area contributed by atoms with E-state index in [0.717, 1.165) is 31.0 Å². The molecule has 1 aliphatic rings. The molecule has 0 amide bonds. The average Bonchev–Trinajstić information content (AvgIpc) is 2.53. The highest BCUT2D eigenvalue weighted by Gasteiger charge is 2.32. The van der Waals surface area contributed by atoms with Crippen LogP contribution in [0.5, 0.6) is 0 Å². The van der Waals surface area contributed by atoms with Crippen molar-refractivity contribution in [3.05, 3.63) is 38.4 Å². The maximum Gasteiger partial charge on any atom is 0.278 e. The summed E-state index contributed by atoms with van der Waals surface area (Å²) in [7, 11) is 0. The smallest absolute Gasteiger partial charge is 0.278 e. The van der Waals surface area contributed by atoms with Crippen LogP contribution >= 0.6 is 0 Å². The van der Waals surface area contributed by atoms with Gasteiger partial charge in [0.05, 0.1) is 28.2 Å². The number of hydrazone groups is 1. The molecule has 0 bridgehead atoms. The minimum Gasteiger partial charge on any atom is -0.395 e. The summed E-state index contributed by atoms with van der Waals surface area (Å²) in [5.41, 5.74) is 2.41. The quantitative estimate of drug-likeness (QED) is 0.633. The molecule has 9 heteroatoms. The summed E-state index contributed by atoms with van der Waals surface area (Å²) in [4.78, 5) is 20.4. The highest BCUT2D eigenvalue weighted by Crippen LogP contribution is 2.33. The van der Waals surface area contributed by atoms with E-state index in [1.54, 1.807) is 0 Å². The van der Waals surface area contributed by atoms with Gasteiger partial charge in [0.15, 0.2) is 0 Å². The SMILES string of the molecule is CC1(CO)CCCCC1=NNc1cc([N+](=O)[O-])cc([N+](=O)[O-])c1. The highest BCUT2D eigenvalue weighted by atomic mass is 16.6. The van der Waals surface area contributed by atoms with Gasteiger partial charge in [-0.15, -0.1) is 0 Å². The minimum atomic E-state index is -0.691. The molecular weight excluding hydrogens is 304 g/mol. The predicted molar refractivity (Wildman–Crippen MR) is 84.5 cm³/mol. The zero-order valence-electron chi connectivity index (χ0n) is 12.7. The Morgan fingerprint density at radius 3 is 2.35 bits per heavy atom. The van der Waals surface area contributed by atoms with E-state index in [9.17, 15) is 25.3 Å². The first-order valence-electron chi connectivity index (χ1n) is 7.23. The van der Waals surface area contributed by atoms with Crippen LogP contribution in [0.4, 0.5) is 17.1 Å². The minimum absolute atomic E-state index is 0.0391. The summed E-state index contributed by atoms with van der Waals surface area (Å²) in [6.07, 6.45) is 3.46. The maximum absolute atomic E-state index is 10.9. The van der Waals surface area contributed by atoms with Crippen LogP contribution < -0.4 is 5.43 Å². The Labute approximate surface area is 132 Å². The van der Waals surface area contributed by atoms with E-state index in [1.807, 2.05) is 6.92 Å². The second kappa shape index (κ2) is 6.69. The van der Waals surface area contributed by atoms with Gasteiger partial charge in [-0.2, -0.15) is 5.10 Å². The van der Waals surface area contributed by atoms with Crippen LogP contribution in [0.25, 0.3) is 0 Å². The molecule has 0 aliphatic heterocycles. The van der Waals surface area contributed by atoms with Gasteiger partial charge in [0.25, 0.3) is 11.4 Å². The Morgan fingerprint density at radius 1 is 1.22 bits per heavy atom. The fraction of sp³-hybridized carbons (Fsp3) is 0.500. The molecule has 0 radical (unpaired) electrons. The molecule has 1 fully saturated rings. The number of anilines is 1. The molecule has 0 saturated heterocycles. The Balaban J connectivity index is 2.30. The van der Waals surface area contributed by atoms with Gasteiger partial charge in [-0.1, -0.05) is 13.3 Å². The molecule has 9 nitrogen and oxygen atoms in total. The van der Waals surface area contributed by atoms with Crippen molar-refractivity contribution in [1.82, 2.24) is 0 Å². The summed E-state index contributed by atoms with van der Waals surface area (Å²) in [5, 5.41) is 35.5. The lowest BCUT2D eigenvalue weighted by Gasteiger charge is -2.33. The molecule has 1 atom stereocenters. The molecule has 0 spiro atoms. The van der Waals surface area contributed by atoms with E-state index in [0.29, 0.717) is 6.42 Å². The monoisotopic (exact) mass is 322 g/mol. The summed E-state index contributed by atoms with van der Waals surface area (Å²) in [6, 6.07) is 3.28. The normalized spacial score (nSPS) is 22.8. The third-order valence-electron chi connectivity index (χ3n) is 4.08. The van der Waals surface area contributed by atoms with Gasteiger partial charge in [-0.25, -0.2) is 0 Å². The van der Waals surface area contributed by atoms with Gasteiger partial charge < -0.3 is 5.11 Å². The number of aliphatic hydroxyl groups excluding tert-OH is 1. The Bertz CT molecular complexity index is 628. The molecule has 0 heterocycles. The van der Waals surface area contributed by atoms with Crippen LogP contribution in [0.3, 0.4) is 0 Å². The molecule has 1 aliphatic carbocycles. The van der Waals surface area contributed by atoms with E-state index in [-0.39, 0.29) is 23.7 Å². The first-order chi connectivity index (χ1) is 10.9. The van der Waals surface area contributed by atoms with Crippen molar-refractivity contribution in [2.75, 3.05) is 12.0 Å². The topological polar surface area (TPSA) is 131 Å². The standard InChI is InChI=1S/C14H18N4O5/c1-14(9-19)5-3-2-4-13(14)16-15-10-6-11(17(20)21)8-12(7-10)18(22)23/h6-8,15,19H,2-5,9H2,1H3. The molecular formula is C14H18N4O5. The van der Waals surface area contributed by atoms with Crippen LogP contribution in [-0.2, 0) is 0 Å². The van der Waals surface area contributed by atoms with Crippen molar-refractivity contribution in [2.24, 2.45) is 10.5 Å². The first-order valence-corrected chi connectivity index (χ1v) is 7.23. The fourth-order valence-electron chi connectivity index (χ4n) is 2.62. The van der Waals surface area contributed by atoms with Crippen molar-refractivity contribution in [3.8, 4) is 0 Å². The second-order valence-electron chi connectivity index (χ2n) is 5.85. The molecule has 1 saturated carbocycles. The summed E-state index contributed by atoms with van der Waals surface area (Å²) in [6.45, 7) is 1.87. The molecule has 2 rings (SSSR count). The van der Waals surface area contributed by atoms with E-state index in [2.05, 4.69) is 10.5 Å². The Kier molecular flexibility index (Phi) is 4.89. The molecule has 23 heavy (non-hydrogen) atoms. The van der Waals surface area contributed by atoms with Crippen molar-refractivity contribution < 1.29 is 15.0 Å². The van der Waals surface area contributed by atoms with E-state index in [1.165, 1.54) is 12.1 Å². The van der Waals surface area contributed by atoms with Gasteiger partial charge in [0.1, 0.15) is 0 Å². The highest BCUT2D eigenvalue weighted by molar-refractivity contribution is 5.91. The van der Waals surface area contributed by atoms with Crippen LogP contribution in [0, 0.1) is 25.6 Å². The lowest BCUT2D eigenvalue weighted by molar-refractivity contribution is -0.394. The largest absolute Gasteiger partial charge is 0.395 e. The number of rotatable bonds is 5. The number of benzene rings is 1. The number of nitro benzene ring substituents is 2. The number of hydrogen-bond donors (Lipinski definition) is 2. The first kappa shape index (κ1) is 16.8. The number of non-ortho nitro benzene ring substituents is 2.